The van der Waals surface area contributed by atoms with E-state index in [1.165, 1.54) is 11.1 Å². The van der Waals surface area contributed by atoms with Crippen LogP contribution in [0.1, 0.15) is 56.1 Å². The van der Waals surface area contributed by atoms with E-state index in [4.69, 9.17) is 27.9 Å². The van der Waals surface area contributed by atoms with Crippen LogP contribution in [0.15, 0.2) is 18.2 Å². The molecule has 3 aliphatic carbocycles. The molecule has 0 aliphatic heterocycles. The summed E-state index contributed by atoms with van der Waals surface area (Å²) in [6, 6.07) is 6.13. The van der Waals surface area contributed by atoms with Crippen molar-refractivity contribution in [2.24, 2.45) is 17.3 Å². The maximum atomic E-state index is 12.4. The first-order chi connectivity index (χ1) is 14.0. The topological polar surface area (TPSA) is 49.8 Å². The number of carbonyl (C=O) groups excluding carboxylic acids is 1. The number of carbonyl (C=O) groups is 1. The van der Waals surface area contributed by atoms with Gasteiger partial charge in [0.2, 0.25) is 0 Å². The van der Waals surface area contributed by atoms with E-state index in [2.05, 4.69) is 13.0 Å². The molecule has 2 saturated carbocycles. The average Bonchev–Trinajstić information content (AvgIpc) is 3.02. The largest absolute Gasteiger partial charge is 0.415 e. The smallest absolute Gasteiger partial charge is 0.410 e. The Morgan fingerprint density at radius 1 is 1.21 bits per heavy atom. The van der Waals surface area contributed by atoms with E-state index in [0.29, 0.717) is 48.4 Å². The Hall–Kier alpha value is -0.970. The number of hydrogen-bond acceptors (Lipinski definition) is 3. The minimum absolute atomic E-state index is 0.0996. The third-order valence-corrected chi connectivity index (χ3v) is 8.16. The Labute approximate surface area is 183 Å². The standard InChI is InChI=1S/C23H31Cl2NO3/c1-23-9-8-18-17-5-3-16(29-22(28)26(12-10-24)13-11-25)14-15(17)2-4-19(18)20(23)6-7-21(23)27/h3,5,14,18-21,27H,2,4,6-13H2,1H3/t18?,19?,20?,21?,23-/m0/s1. The van der Waals surface area contributed by atoms with Crippen LogP contribution < -0.4 is 4.74 Å². The second-order valence-corrected chi connectivity index (χ2v) is 9.90. The molecule has 0 heterocycles. The van der Waals surface area contributed by atoms with Gasteiger partial charge in [-0.05, 0) is 85.0 Å². The van der Waals surface area contributed by atoms with Gasteiger partial charge in [0.25, 0.3) is 0 Å². The lowest BCUT2D eigenvalue weighted by Crippen LogP contribution is -2.43. The highest BCUT2D eigenvalue weighted by Gasteiger charge is 2.54. The van der Waals surface area contributed by atoms with Crippen molar-refractivity contribution in [3.8, 4) is 5.75 Å². The second-order valence-electron chi connectivity index (χ2n) is 9.15. The van der Waals surface area contributed by atoms with Crippen molar-refractivity contribution < 1.29 is 14.6 Å². The molecule has 1 aromatic carbocycles. The summed E-state index contributed by atoms with van der Waals surface area (Å²) in [5, 5.41) is 10.5. The number of fused-ring (bicyclic) bond motifs is 5. The maximum Gasteiger partial charge on any atom is 0.415 e. The minimum Gasteiger partial charge on any atom is -0.410 e. The van der Waals surface area contributed by atoms with Gasteiger partial charge in [0.15, 0.2) is 0 Å². The third kappa shape index (κ3) is 3.88. The van der Waals surface area contributed by atoms with Crippen LogP contribution in [-0.4, -0.2) is 47.1 Å². The number of alkyl halides is 2. The highest BCUT2D eigenvalue weighted by molar-refractivity contribution is 6.18. The zero-order valence-corrected chi connectivity index (χ0v) is 18.6. The Bertz CT molecular complexity index is 752. The van der Waals surface area contributed by atoms with Crippen LogP contribution in [0.5, 0.6) is 5.75 Å². The molecule has 6 heteroatoms. The predicted molar refractivity (Wildman–Crippen MR) is 116 cm³/mol. The van der Waals surface area contributed by atoms with E-state index < -0.39 is 6.09 Å². The fourth-order valence-electron chi connectivity index (χ4n) is 6.26. The highest BCUT2D eigenvalue weighted by atomic mass is 35.5. The van der Waals surface area contributed by atoms with Crippen molar-refractivity contribution in [1.29, 1.82) is 0 Å². The molecule has 0 aromatic heterocycles. The lowest BCUT2D eigenvalue weighted by Gasteiger charge is -2.50. The number of rotatable bonds is 5. The van der Waals surface area contributed by atoms with E-state index in [1.807, 2.05) is 12.1 Å². The van der Waals surface area contributed by atoms with Crippen molar-refractivity contribution in [2.75, 3.05) is 24.8 Å². The molecule has 1 N–H and O–H groups in total. The average molecular weight is 440 g/mol. The Morgan fingerprint density at radius 3 is 2.69 bits per heavy atom. The summed E-state index contributed by atoms with van der Waals surface area (Å²) in [5.74, 6) is 3.16. The summed E-state index contributed by atoms with van der Waals surface area (Å²) >= 11 is 11.6. The quantitative estimate of drug-likeness (QED) is 0.642. The molecule has 4 rings (SSSR count). The van der Waals surface area contributed by atoms with Crippen molar-refractivity contribution in [3.63, 3.8) is 0 Å². The van der Waals surface area contributed by atoms with Crippen molar-refractivity contribution in [3.05, 3.63) is 29.3 Å². The van der Waals surface area contributed by atoms with Gasteiger partial charge in [0, 0.05) is 24.8 Å². The van der Waals surface area contributed by atoms with Gasteiger partial charge in [-0.1, -0.05) is 13.0 Å². The number of aliphatic hydroxyl groups excluding tert-OH is 1. The molecule has 160 valence electrons. The molecular formula is C23H31Cl2NO3. The summed E-state index contributed by atoms with van der Waals surface area (Å²) in [6.07, 6.45) is 5.98. The van der Waals surface area contributed by atoms with E-state index in [0.717, 1.165) is 38.5 Å². The third-order valence-electron chi connectivity index (χ3n) is 7.82. The lowest BCUT2D eigenvalue weighted by atomic mass is 9.55. The molecular weight excluding hydrogens is 409 g/mol. The first-order valence-electron chi connectivity index (χ1n) is 10.9. The molecule has 4 nitrogen and oxygen atoms in total. The van der Waals surface area contributed by atoms with Crippen LogP contribution in [0, 0.1) is 17.3 Å². The Kier molecular flexibility index (Phi) is 6.34. The molecule has 2 fully saturated rings. The van der Waals surface area contributed by atoms with Gasteiger partial charge in [-0.25, -0.2) is 4.79 Å². The minimum atomic E-state index is -0.395. The normalized spacial score (nSPS) is 32.8. The van der Waals surface area contributed by atoms with Crippen LogP contribution in [0.25, 0.3) is 0 Å². The fraction of sp³-hybridized carbons (Fsp3) is 0.696. The molecule has 29 heavy (non-hydrogen) atoms. The molecule has 1 amide bonds. The van der Waals surface area contributed by atoms with Gasteiger partial charge in [0.05, 0.1) is 6.10 Å². The van der Waals surface area contributed by atoms with Crippen molar-refractivity contribution >= 4 is 29.3 Å². The van der Waals surface area contributed by atoms with Gasteiger partial charge in [-0.2, -0.15) is 0 Å². The van der Waals surface area contributed by atoms with E-state index in [1.54, 1.807) is 4.90 Å². The van der Waals surface area contributed by atoms with Crippen LogP contribution in [0.3, 0.4) is 0 Å². The molecule has 0 bridgehead atoms. The zero-order valence-electron chi connectivity index (χ0n) is 17.1. The number of ether oxygens (including phenoxy) is 1. The number of amides is 1. The molecule has 1 aromatic rings. The van der Waals surface area contributed by atoms with Crippen LogP contribution in [-0.2, 0) is 6.42 Å². The summed E-state index contributed by atoms with van der Waals surface area (Å²) < 4.78 is 5.62. The first-order valence-corrected chi connectivity index (χ1v) is 11.9. The number of benzene rings is 1. The second kappa shape index (κ2) is 8.64. The Balaban J connectivity index is 1.49. The Morgan fingerprint density at radius 2 is 1.97 bits per heavy atom. The molecule has 5 atom stereocenters. The lowest BCUT2D eigenvalue weighted by molar-refractivity contribution is -0.0226. The summed E-state index contributed by atoms with van der Waals surface area (Å²) in [5.41, 5.74) is 2.82. The van der Waals surface area contributed by atoms with Crippen molar-refractivity contribution in [1.82, 2.24) is 4.90 Å². The van der Waals surface area contributed by atoms with Crippen LogP contribution in [0.2, 0.25) is 0 Å². The monoisotopic (exact) mass is 439 g/mol. The summed E-state index contributed by atoms with van der Waals surface area (Å²) in [7, 11) is 0. The maximum absolute atomic E-state index is 12.4. The van der Waals surface area contributed by atoms with E-state index in [-0.39, 0.29) is 11.5 Å². The molecule has 4 unspecified atom stereocenters. The SMILES string of the molecule is C[C@]12CCC3c4ccc(OC(=O)N(CCCl)CCCl)cc4CCC3C1CCC2O. The van der Waals surface area contributed by atoms with E-state index >= 15 is 0 Å². The summed E-state index contributed by atoms with van der Waals surface area (Å²) in [6.45, 7) is 3.15. The number of nitrogens with zero attached hydrogens (tertiary/aromatic N) is 1. The number of halogens is 2. The zero-order chi connectivity index (χ0) is 20.6. The molecule has 0 saturated heterocycles. The molecule has 0 radical (unpaired) electrons. The first kappa shape index (κ1) is 21.3. The number of aliphatic hydroxyl groups is 1. The van der Waals surface area contributed by atoms with Crippen molar-refractivity contribution in [2.45, 2.75) is 57.5 Å². The predicted octanol–water partition coefficient (Wildman–Crippen LogP) is 5.18. The van der Waals surface area contributed by atoms with Crippen LogP contribution in [0.4, 0.5) is 4.79 Å². The highest BCUT2D eigenvalue weighted by Crippen LogP contribution is 2.60. The number of aryl methyl sites for hydroxylation is 1. The molecule has 3 aliphatic rings. The number of hydrogen-bond donors (Lipinski definition) is 1. The van der Waals surface area contributed by atoms with Gasteiger partial charge in [0.1, 0.15) is 5.75 Å². The molecule has 0 spiro atoms. The van der Waals surface area contributed by atoms with Gasteiger partial charge in [-0.15, -0.1) is 23.2 Å². The van der Waals surface area contributed by atoms with Gasteiger partial charge in [-0.3, -0.25) is 0 Å². The fourth-order valence-corrected chi connectivity index (χ4v) is 6.67. The van der Waals surface area contributed by atoms with Gasteiger partial charge < -0.3 is 14.7 Å². The van der Waals surface area contributed by atoms with Crippen LogP contribution >= 0.6 is 23.2 Å². The summed E-state index contributed by atoms with van der Waals surface area (Å²) in [4.78, 5) is 14.0. The van der Waals surface area contributed by atoms with Gasteiger partial charge >= 0.3 is 6.09 Å². The van der Waals surface area contributed by atoms with E-state index in [9.17, 15) is 9.90 Å².